The summed E-state index contributed by atoms with van der Waals surface area (Å²) in [5.41, 5.74) is 0.609. The maximum atomic E-state index is 11.0. The van der Waals surface area contributed by atoms with E-state index in [-0.39, 0.29) is 11.4 Å². The van der Waals surface area contributed by atoms with Gasteiger partial charge < -0.3 is 9.84 Å². The molecule has 20 heavy (non-hydrogen) atoms. The van der Waals surface area contributed by atoms with Gasteiger partial charge in [-0.1, -0.05) is 0 Å². The first-order valence-electron chi connectivity index (χ1n) is 5.50. The van der Waals surface area contributed by atoms with E-state index >= 15 is 0 Å². The first-order chi connectivity index (χ1) is 9.65. The summed E-state index contributed by atoms with van der Waals surface area (Å²) in [7, 11) is 0. The molecule has 0 amide bonds. The van der Waals surface area contributed by atoms with E-state index < -0.39 is 5.97 Å². The van der Waals surface area contributed by atoms with E-state index in [4.69, 9.17) is 9.84 Å². The molecule has 8 heteroatoms. The minimum Gasteiger partial charge on any atom is -0.478 e. The highest BCUT2D eigenvalue weighted by atomic mass is 127. The van der Waals surface area contributed by atoms with Gasteiger partial charge in [-0.3, -0.25) is 4.40 Å². The average molecular weight is 382 g/mol. The zero-order chi connectivity index (χ0) is 14.1. The van der Waals surface area contributed by atoms with Crippen LogP contribution in [0.3, 0.4) is 0 Å². The van der Waals surface area contributed by atoms with Gasteiger partial charge >= 0.3 is 5.97 Å². The molecule has 2 aromatic heterocycles. The molecular weight excluding hydrogens is 375 g/mol. The molecule has 7 nitrogen and oxygen atoms in total. The molecule has 3 rings (SSSR count). The molecule has 100 valence electrons. The van der Waals surface area contributed by atoms with E-state index in [0.29, 0.717) is 11.4 Å². The Morgan fingerprint density at radius 1 is 1.40 bits per heavy atom. The van der Waals surface area contributed by atoms with Gasteiger partial charge in [-0.05, 0) is 40.8 Å². The summed E-state index contributed by atoms with van der Waals surface area (Å²) in [5, 5.41) is 16.7. The van der Waals surface area contributed by atoms with Crippen LogP contribution in [0.4, 0.5) is 0 Å². The van der Waals surface area contributed by atoms with E-state index in [1.54, 1.807) is 22.9 Å². The number of nitrogens with zero attached hydrogens (tertiary/aromatic N) is 4. The lowest BCUT2D eigenvalue weighted by atomic mass is 10.2. The number of carboxylic acids is 1. The molecule has 0 aliphatic heterocycles. The highest BCUT2D eigenvalue weighted by Crippen LogP contribution is 2.28. The quantitative estimate of drug-likeness (QED) is 0.699. The lowest BCUT2D eigenvalue weighted by Crippen LogP contribution is -1.99. The molecule has 0 atom stereocenters. The fraction of sp³-hybridized carbons (Fsp3) is 0. The first-order valence-corrected chi connectivity index (χ1v) is 6.58. The van der Waals surface area contributed by atoms with Crippen molar-refractivity contribution in [1.29, 1.82) is 0 Å². The van der Waals surface area contributed by atoms with E-state index in [1.165, 1.54) is 18.5 Å². The van der Waals surface area contributed by atoms with Crippen molar-refractivity contribution in [3.63, 3.8) is 0 Å². The summed E-state index contributed by atoms with van der Waals surface area (Å²) in [6.07, 6.45) is 4.78. The zero-order valence-electron chi connectivity index (χ0n) is 9.89. The van der Waals surface area contributed by atoms with Crippen molar-refractivity contribution < 1.29 is 14.6 Å². The first kappa shape index (κ1) is 12.8. The molecule has 0 aliphatic carbocycles. The van der Waals surface area contributed by atoms with Crippen LogP contribution < -0.4 is 4.74 Å². The number of ether oxygens (including phenoxy) is 1. The SMILES string of the molecule is O=C(O)c1ccc(I)c(Oc2nccn3cnnc23)c1. The number of benzene rings is 1. The van der Waals surface area contributed by atoms with Gasteiger partial charge in [0.25, 0.3) is 5.88 Å². The lowest BCUT2D eigenvalue weighted by molar-refractivity contribution is 0.0696. The third-order valence-electron chi connectivity index (χ3n) is 2.57. The normalized spacial score (nSPS) is 10.7. The number of rotatable bonds is 3. The second-order valence-electron chi connectivity index (χ2n) is 3.85. The predicted molar refractivity (Wildman–Crippen MR) is 77.0 cm³/mol. The Hall–Kier alpha value is -2.23. The van der Waals surface area contributed by atoms with Crippen molar-refractivity contribution >= 4 is 34.2 Å². The Bertz CT molecular complexity index is 802. The fourth-order valence-corrected chi connectivity index (χ4v) is 2.07. The van der Waals surface area contributed by atoms with Crippen molar-refractivity contribution in [2.24, 2.45) is 0 Å². The number of aromatic carboxylic acids is 1. The van der Waals surface area contributed by atoms with Crippen LogP contribution in [-0.4, -0.2) is 30.7 Å². The van der Waals surface area contributed by atoms with Gasteiger partial charge in [0.05, 0.1) is 9.13 Å². The third-order valence-corrected chi connectivity index (χ3v) is 3.46. The number of carboxylic acid groups (broad SMARTS) is 1. The van der Waals surface area contributed by atoms with Gasteiger partial charge in [-0.2, -0.15) is 0 Å². The second-order valence-corrected chi connectivity index (χ2v) is 5.01. The van der Waals surface area contributed by atoms with Gasteiger partial charge in [0.1, 0.15) is 12.1 Å². The van der Waals surface area contributed by atoms with Gasteiger partial charge in [-0.25, -0.2) is 9.78 Å². The number of hydrogen-bond donors (Lipinski definition) is 1. The molecule has 0 bridgehead atoms. The van der Waals surface area contributed by atoms with Crippen LogP contribution in [0, 0.1) is 3.57 Å². The average Bonchev–Trinajstić information content (AvgIpc) is 2.90. The Labute approximate surface area is 126 Å². The number of hydrogen-bond acceptors (Lipinski definition) is 5. The van der Waals surface area contributed by atoms with Crippen molar-refractivity contribution in [1.82, 2.24) is 19.6 Å². The summed E-state index contributed by atoms with van der Waals surface area (Å²) in [4.78, 5) is 15.1. The van der Waals surface area contributed by atoms with Gasteiger partial charge in [0.15, 0.2) is 0 Å². The van der Waals surface area contributed by atoms with E-state index in [0.717, 1.165) is 3.57 Å². The number of carbonyl (C=O) groups is 1. The Kier molecular flexibility index (Phi) is 3.22. The summed E-state index contributed by atoms with van der Waals surface area (Å²) in [6.45, 7) is 0. The standard InChI is InChI=1S/C12H7IN4O3/c13-8-2-1-7(12(18)19)5-9(8)20-11-10-16-15-6-17(10)4-3-14-11/h1-6H,(H,18,19). The molecule has 0 radical (unpaired) electrons. The number of aromatic nitrogens is 4. The van der Waals surface area contributed by atoms with E-state index in [9.17, 15) is 4.79 Å². The lowest BCUT2D eigenvalue weighted by Gasteiger charge is -2.08. The molecule has 0 aliphatic rings. The summed E-state index contributed by atoms with van der Waals surface area (Å²) < 4.78 is 8.10. The topological polar surface area (TPSA) is 89.6 Å². The van der Waals surface area contributed by atoms with Crippen LogP contribution in [0.1, 0.15) is 10.4 Å². The molecule has 1 N–H and O–H groups in total. The Morgan fingerprint density at radius 3 is 3.05 bits per heavy atom. The van der Waals surface area contributed by atoms with Crippen LogP contribution in [0.25, 0.3) is 5.65 Å². The monoisotopic (exact) mass is 382 g/mol. The summed E-state index contributed by atoms with van der Waals surface area (Å²) in [6, 6.07) is 4.64. The molecule has 0 saturated carbocycles. The highest BCUT2D eigenvalue weighted by Gasteiger charge is 2.12. The van der Waals surface area contributed by atoms with Gasteiger partial charge in [0, 0.05) is 12.4 Å². The van der Waals surface area contributed by atoms with Crippen LogP contribution in [-0.2, 0) is 0 Å². The zero-order valence-corrected chi connectivity index (χ0v) is 12.1. The molecule has 0 spiro atoms. The van der Waals surface area contributed by atoms with Crippen molar-refractivity contribution in [2.45, 2.75) is 0 Å². The predicted octanol–water partition coefficient (Wildman–Crippen LogP) is 2.22. The second kappa shape index (κ2) is 5.04. The van der Waals surface area contributed by atoms with Crippen molar-refractivity contribution in [3.8, 4) is 11.6 Å². The van der Waals surface area contributed by atoms with Gasteiger partial charge in [-0.15, -0.1) is 10.2 Å². The van der Waals surface area contributed by atoms with Crippen molar-refractivity contribution in [2.75, 3.05) is 0 Å². The van der Waals surface area contributed by atoms with Crippen LogP contribution in [0.2, 0.25) is 0 Å². The fourth-order valence-electron chi connectivity index (χ4n) is 1.63. The molecule has 0 unspecified atom stereocenters. The number of halogens is 1. The van der Waals surface area contributed by atoms with Crippen LogP contribution in [0.5, 0.6) is 11.6 Å². The molecule has 0 fully saturated rings. The van der Waals surface area contributed by atoms with Crippen LogP contribution >= 0.6 is 22.6 Å². The smallest absolute Gasteiger partial charge is 0.335 e. The Morgan fingerprint density at radius 2 is 2.25 bits per heavy atom. The maximum Gasteiger partial charge on any atom is 0.335 e. The molecule has 2 heterocycles. The molecule has 3 aromatic rings. The minimum absolute atomic E-state index is 0.147. The Balaban J connectivity index is 2.04. The molecular formula is C12H7IN4O3. The minimum atomic E-state index is -1.01. The molecule has 1 aromatic carbocycles. The van der Waals surface area contributed by atoms with Crippen LogP contribution in [0.15, 0.2) is 36.9 Å². The third kappa shape index (κ3) is 2.29. The van der Waals surface area contributed by atoms with Crippen molar-refractivity contribution in [3.05, 3.63) is 46.1 Å². The maximum absolute atomic E-state index is 11.0. The van der Waals surface area contributed by atoms with E-state index in [2.05, 4.69) is 37.8 Å². The summed E-state index contributed by atoms with van der Waals surface area (Å²) in [5.74, 6) is -0.334. The number of fused-ring (bicyclic) bond motifs is 1. The van der Waals surface area contributed by atoms with Gasteiger partial charge in [0.2, 0.25) is 5.65 Å². The van der Waals surface area contributed by atoms with E-state index in [1.807, 2.05) is 0 Å². The summed E-state index contributed by atoms with van der Waals surface area (Å²) >= 11 is 2.06. The largest absolute Gasteiger partial charge is 0.478 e. The molecule has 0 saturated heterocycles. The highest BCUT2D eigenvalue weighted by molar-refractivity contribution is 14.1.